The Morgan fingerprint density at radius 3 is 2.41 bits per heavy atom. The zero-order valence-corrected chi connectivity index (χ0v) is 17.6. The van der Waals surface area contributed by atoms with E-state index in [1.165, 1.54) is 0 Å². The van der Waals surface area contributed by atoms with Gasteiger partial charge < -0.3 is 5.32 Å². The van der Waals surface area contributed by atoms with Crippen molar-refractivity contribution in [1.29, 1.82) is 0 Å². The van der Waals surface area contributed by atoms with Crippen molar-refractivity contribution in [3.63, 3.8) is 0 Å². The third kappa shape index (κ3) is 4.90. The summed E-state index contributed by atoms with van der Waals surface area (Å²) in [7, 11) is -3.33. The molecule has 7 heteroatoms. The van der Waals surface area contributed by atoms with Crippen molar-refractivity contribution >= 4 is 37.5 Å². The van der Waals surface area contributed by atoms with E-state index in [0.717, 1.165) is 47.5 Å². The number of carbonyl (C=O) groups excluding carboxylic acids is 1. The number of rotatable bonds is 6. The SMILES string of the molecule is CS(=O)(=O)Nc1cccc(CNC(=O)C2(c3ccc(Br)cc3)CCCC2)c1. The summed E-state index contributed by atoms with van der Waals surface area (Å²) in [4.78, 5) is 13.1. The van der Waals surface area contributed by atoms with E-state index in [9.17, 15) is 13.2 Å². The number of hydrogen-bond donors (Lipinski definition) is 2. The Bertz CT molecular complexity index is 920. The van der Waals surface area contributed by atoms with Gasteiger partial charge >= 0.3 is 0 Å². The molecule has 144 valence electrons. The Morgan fingerprint density at radius 2 is 1.78 bits per heavy atom. The van der Waals surface area contributed by atoms with Gasteiger partial charge in [0, 0.05) is 16.7 Å². The Balaban J connectivity index is 1.74. The molecule has 0 radical (unpaired) electrons. The first-order valence-electron chi connectivity index (χ1n) is 8.90. The number of hydrogen-bond acceptors (Lipinski definition) is 3. The second-order valence-electron chi connectivity index (χ2n) is 7.05. The number of sulfonamides is 1. The van der Waals surface area contributed by atoms with Gasteiger partial charge in [0.1, 0.15) is 0 Å². The lowest BCUT2D eigenvalue weighted by atomic mass is 9.78. The molecule has 0 spiro atoms. The molecular formula is C20H23BrN2O3S. The van der Waals surface area contributed by atoms with Crippen molar-refractivity contribution < 1.29 is 13.2 Å². The largest absolute Gasteiger partial charge is 0.351 e. The topological polar surface area (TPSA) is 75.3 Å². The summed E-state index contributed by atoms with van der Waals surface area (Å²) in [5, 5.41) is 3.06. The van der Waals surface area contributed by atoms with Gasteiger partial charge in [0.15, 0.2) is 0 Å². The molecule has 0 aliphatic heterocycles. The maximum atomic E-state index is 13.1. The molecule has 1 aliphatic carbocycles. The van der Waals surface area contributed by atoms with E-state index in [0.29, 0.717) is 12.2 Å². The molecule has 5 nitrogen and oxygen atoms in total. The normalized spacial score (nSPS) is 16.1. The molecule has 0 saturated heterocycles. The number of anilines is 1. The van der Waals surface area contributed by atoms with Crippen LogP contribution in [0.2, 0.25) is 0 Å². The third-order valence-electron chi connectivity index (χ3n) is 4.97. The molecule has 2 aromatic rings. The van der Waals surface area contributed by atoms with Gasteiger partial charge in [0.2, 0.25) is 15.9 Å². The molecule has 27 heavy (non-hydrogen) atoms. The van der Waals surface area contributed by atoms with Crippen LogP contribution >= 0.6 is 15.9 Å². The molecule has 0 unspecified atom stereocenters. The summed E-state index contributed by atoms with van der Waals surface area (Å²) in [6.07, 6.45) is 4.88. The maximum absolute atomic E-state index is 13.1. The highest BCUT2D eigenvalue weighted by molar-refractivity contribution is 9.10. The van der Waals surface area contributed by atoms with E-state index in [4.69, 9.17) is 0 Å². The Kier molecular flexibility index (Phi) is 5.91. The van der Waals surface area contributed by atoms with E-state index in [2.05, 4.69) is 26.0 Å². The fraction of sp³-hybridized carbons (Fsp3) is 0.350. The smallest absolute Gasteiger partial charge is 0.230 e. The number of benzene rings is 2. The van der Waals surface area contributed by atoms with Crippen molar-refractivity contribution in [2.75, 3.05) is 11.0 Å². The van der Waals surface area contributed by atoms with E-state index in [1.807, 2.05) is 30.3 Å². The number of amides is 1. The molecule has 2 aromatic carbocycles. The average Bonchev–Trinajstić information content (AvgIpc) is 3.10. The summed E-state index contributed by atoms with van der Waals surface area (Å²) in [5.74, 6) is 0.0313. The van der Waals surface area contributed by atoms with Gasteiger partial charge in [-0.3, -0.25) is 9.52 Å². The Morgan fingerprint density at radius 1 is 1.11 bits per heavy atom. The molecule has 1 aliphatic rings. The Hall–Kier alpha value is -1.86. The highest BCUT2D eigenvalue weighted by atomic mass is 79.9. The second kappa shape index (κ2) is 8.02. The van der Waals surface area contributed by atoms with Crippen LogP contribution in [-0.4, -0.2) is 20.6 Å². The van der Waals surface area contributed by atoms with E-state index >= 15 is 0 Å². The third-order valence-corrected chi connectivity index (χ3v) is 6.11. The van der Waals surface area contributed by atoms with Crippen LogP contribution in [0.4, 0.5) is 5.69 Å². The van der Waals surface area contributed by atoms with Crippen LogP contribution < -0.4 is 10.0 Å². The number of halogens is 1. The summed E-state index contributed by atoms with van der Waals surface area (Å²) < 4.78 is 26.2. The van der Waals surface area contributed by atoms with Gasteiger partial charge in [0.05, 0.1) is 11.7 Å². The second-order valence-corrected chi connectivity index (χ2v) is 9.72. The van der Waals surface area contributed by atoms with Crippen molar-refractivity contribution in [2.45, 2.75) is 37.6 Å². The van der Waals surface area contributed by atoms with Crippen LogP contribution in [-0.2, 0) is 26.8 Å². The quantitative estimate of drug-likeness (QED) is 0.699. The molecule has 1 saturated carbocycles. The van der Waals surface area contributed by atoms with Crippen LogP contribution in [0.15, 0.2) is 53.0 Å². The molecule has 0 atom stereocenters. The van der Waals surface area contributed by atoms with Crippen LogP contribution in [0, 0.1) is 0 Å². The van der Waals surface area contributed by atoms with Crippen LogP contribution in [0.5, 0.6) is 0 Å². The minimum atomic E-state index is -3.33. The molecule has 0 aromatic heterocycles. The molecule has 2 N–H and O–H groups in total. The molecule has 3 rings (SSSR count). The van der Waals surface area contributed by atoms with Crippen LogP contribution in [0.3, 0.4) is 0 Å². The van der Waals surface area contributed by atoms with Crippen molar-refractivity contribution in [3.05, 3.63) is 64.1 Å². The van der Waals surface area contributed by atoms with Gasteiger partial charge in [0.25, 0.3) is 0 Å². The first-order chi connectivity index (χ1) is 12.8. The fourth-order valence-corrected chi connectivity index (χ4v) is 4.52. The Labute approximate surface area is 168 Å². The van der Waals surface area contributed by atoms with Gasteiger partial charge in [-0.25, -0.2) is 8.42 Å². The molecular weight excluding hydrogens is 428 g/mol. The molecule has 0 heterocycles. The first-order valence-corrected chi connectivity index (χ1v) is 11.6. The summed E-state index contributed by atoms with van der Waals surface area (Å²) in [6.45, 7) is 0.358. The van der Waals surface area contributed by atoms with Crippen LogP contribution in [0.25, 0.3) is 0 Å². The molecule has 1 amide bonds. The highest BCUT2D eigenvalue weighted by Crippen LogP contribution is 2.41. The maximum Gasteiger partial charge on any atom is 0.230 e. The predicted octanol–water partition coefficient (Wildman–Crippen LogP) is 3.95. The monoisotopic (exact) mass is 450 g/mol. The lowest BCUT2D eigenvalue weighted by Gasteiger charge is -2.28. The lowest BCUT2D eigenvalue weighted by Crippen LogP contribution is -2.42. The zero-order valence-electron chi connectivity index (χ0n) is 15.2. The highest BCUT2D eigenvalue weighted by Gasteiger charge is 2.42. The van der Waals surface area contributed by atoms with Crippen LogP contribution in [0.1, 0.15) is 36.8 Å². The first kappa shape index (κ1) is 19.9. The minimum Gasteiger partial charge on any atom is -0.351 e. The van der Waals surface area contributed by atoms with E-state index in [1.54, 1.807) is 18.2 Å². The van der Waals surface area contributed by atoms with Gasteiger partial charge in [-0.15, -0.1) is 0 Å². The van der Waals surface area contributed by atoms with E-state index < -0.39 is 15.4 Å². The van der Waals surface area contributed by atoms with Crippen molar-refractivity contribution in [1.82, 2.24) is 5.32 Å². The lowest BCUT2D eigenvalue weighted by molar-refractivity contribution is -0.126. The summed E-state index contributed by atoms with van der Waals surface area (Å²) in [5.41, 5.74) is 1.91. The predicted molar refractivity (Wildman–Crippen MR) is 111 cm³/mol. The average molecular weight is 451 g/mol. The molecule has 0 bridgehead atoms. The fourth-order valence-electron chi connectivity index (χ4n) is 3.70. The standard InChI is InChI=1S/C20H23BrN2O3S/c1-27(25,26)23-18-6-4-5-15(13-18)14-22-19(24)20(11-2-3-12-20)16-7-9-17(21)10-8-16/h4-10,13,23H,2-3,11-12,14H2,1H3,(H,22,24). The minimum absolute atomic E-state index is 0.0313. The van der Waals surface area contributed by atoms with Gasteiger partial charge in [-0.05, 0) is 48.2 Å². The van der Waals surface area contributed by atoms with E-state index in [-0.39, 0.29) is 5.91 Å². The summed E-state index contributed by atoms with van der Waals surface area (Å²) in [6, 6.07) is 15.1. The number of nitrogens with one attached hydrogen (secondary N) is 2. The molecule has 1 fully saturated rings. The van der Waals surface area contributed by atoms with Crippen molar-refractivity contribution in [3.8, 4) is 0 Å². The summed E-state index contributed by atoms with van der Waals surface area (Å²) >= 11 is 3.45. The number of carbonyl (C=O) groups is 1. The van der Waals surface area contributed by atoms with Gasteiger partial charge in [-0.2, -0.15) is 0 Å². The van der Waals surface area contributed by atoms with Crippen molar-refractivity contribution in [2.24, 2.45) is 0 Å². The van der Waals surface area contributed by atoms with Gasteiger partial charge in [-0.1, -0.05) is 53.0 Å². The zero-order chi connectivity index (χ0) is 19.5.